The van der Waals surface area contributed by atoms with Crippen molar-refractivity contribution in [2.45, 2.75) is 0 Å². The van der Waals surface area contributed by atoms with Gasteiger partial charge in [-0.2, -0.15) is 0 Å². The van der Waals surface area contributed by atoms with E-state index in [0.29, 0.717) is 10.9 Å². The van der Waals surface area contributed by atoms with Crippen LogP contribution in [0.4, 0.5) is 5.69 Å². The standard InChI is InChI=1S/C10H7N2O4/c1-16-10(13)9-5-6-4-7(12(14)15)2-3-8(6)11-9/h2-4,11H,1H3. The molecule has 1 aromatic carbocycles. The van der Waals surface area contributed by atoms with Crippen LogP contribution >= 0.6 is 0 Å². The van der Waals surface area contributed by atoms with Gasteiger partial charge in [-0.1, -0.05) is 0 Å². The summed E-state index contributed by atoms with van der Waals surface area (Å²) in [6.07, 6.45) is 0. The summed E-state index contributed by atoms with van der Waals surface area (Å²) in [5.41, 5.74) is 0.711. The Morgan fingerprint density at radius 3 is 2.94 bits per heavy atom. The van der Waals surface area contributed by atoms with E-state index in [2.05, 4.69) is 15.8 Å². The highest BCUT2D eigenvalue weighted by Crippen LogP contribution is 2.21. The molecule has 0 spiro atoms. The highest BCUT2D eigenvalue weighted by molar-refractivity contribution is 5.94. The number of aromatic amines is 1. The number of H-pyrrole nitrogens is 1. The minimum absolute atomic E-state index is 0.0424. The number of nitrogens with zero attached hydrogens (tertiary/aromatic N) is 1. The van der Waals surface area contributed by atoms with Crippen molar-refractivity contribution in [3.05, 3.63) is 40.1 Å². The van der Waals surface area contributed by atoms with Gasteiger partial charge in [0.25, 0.3) is 5.69 Å². The van der Waals surface area contributed by atoms with Crippen LogP contribution in [0.1, 0.15) is 10.5 Å². The Kier molecular flexibility index (Phi) is 2.32. The zero-order valence-corrected chi connectivity index (χ0v) is 8.31. The first-order valence-corrected chi connectivity index (χ1v) is 4.39. The molecule has 1 heterocycles. The summed E-state index contributed by atoms with van der Waals surface area (Å²) in [6, 6.07) is 6.93. The number of nitro benzene ring substituents is 1. The van der Waals surface area contributed by atoms with Crippen molar-refractivity contribution >= 4 is 22.6 Å². The minimum Gasteiger partial charge on any atom is -0.464 e. The monoisotopic (exact) mass is 219 g/mol. The highest BCUT2D eigenvalue weighted by Gasteiger charge is 2.12. The number of carbonyl (C=O) groups excluding carboxylic acids is 1. The molecular weight excluding hydrogens is 212 g/mol. The van der Waals surface area contributed by atoms with Crippen LogP contribution in [0.25, 0.3) is 10.9 Å². The maximum absolute atomic E-state index is 11.2. The van der Waals surface area contributed by atoms with Gasteiger partial charge in [0.2, 0.25) is 0 Å². The Balaban J connectivity index is 2.54. The molecule has 2 rings (SSSR count). The van der Waals surface area contributed by atoms with E-state index in [9.17, 15) is 14.9 Å². The van der Waals surface area contributed by atoms with E-state index in [-0.39, 0.29) is 11.4 Å². The molecule has 2 aromatic rings. The molecule has 0 bridgehead atoms. The average Bonchev–Trinajstić information content (AvgIpc) is 2.70. The van der Waals surface area contributed by atoms with Crippen molar-refractivity contribution in [1.82, 2.24) is 4.98 Å². The van der Waals surface area contributed by atoms with E-state index in [4.69, 9.17) is 0 Å². The molecule has 0 aliphatic carbocycles. The molecule has 1 N–H and O–H groups in total. The first-order chi connectivity index (χ1) is 7.61. The molecule has 6 heteroatoms. The lowest BCUT2D eigenvalue weighted by atomic mass is 10.2. The van der Waals surface area contributed by atoms with Gasteiger partial charge >= 0.3 is 5.97 Å². The Hall–Kier alpha value is -2.37. The second-order valence-electron chi connectivity index (χ2n) is 3.10. The number of rotatable bonds is 2. The van der Waals surface area contributed by atoms with Gasteiger partial charge in [0.15, 0.2) is 0 Å². The number of non-ortho nitro benzene ring substituents is 1. The zero-order chi connectivity index (χ0) is 11.7. The second kappa shape index (κ2) is 3.65. The Morgan fingerprint density at radius 1 is 1.56 bits per heavy atom. The van der Waals surface area contributed by atoms with E-state index in [1.165, 1.54) is 25.3 Å². The van der Waals surface area contributed by atoms with Crippen molar-refractivity contribution < 1.29 is 14.5 Å². The van der Waals surface area contributed by atoms with Crippen LogP contribution in [-0.4, -0.2) is 23.0 Å². The fourth-order valence-corrected chi connectivity index (χ4v) is 1.36. The third-order valence-electron chi connectivity index (χ3n) is 2.12. The molecule has 81 valence electrons. The van der Waals surface area contributed by atoms with Crippen LogP contribution < -0.4 is 0 Å². The number of carbonyl (C=O) groups is 1. The van der Waals surface area contributed by atoms with Crippen LogP contribution in [0.5, 0.6) is 0 Å². The van der Waals surface area contributed by atoms with Gasteiger partial charge in [-0.3, -0.25) is 10.1 Å². The molecule has 6 nitrogen and oxygen atoms in total. The van der Waals surface area contributed by atoms with Gasteiger partial charge in [-0.05, 0) is 6.07 Å². The van der Waals surface area contributed by atoms with Gasteiger partial charge in [0.05, 0.1) is 12.0 Å². The van der Waals surface area contributed by atoms with E-state index in [1.807, 2.05) is 0 Å². The van der Waals surface area contributed by atoms with Crippen LogP contribution in [0.2, 0.25) is 0 Å². The van der Waals surface area contributed by atoms with Crippen molar-refractivity contribution in [1.29, 1.82) is 0 Å². The van der Waals surface area contributed by atoms with Crippen molar-refractivity contribution in [2.75, 3.05) is 7.11 Å². The normalized spacial score (nSPS) is 10.3. The lowest BCUT2D eigenvalue weighted by Crippen LogP contribution is -2.00. The van der Waals surface area contributed by atoms with Crippen LogP contribution in [0.3, 0.4) is 0 Å². The van der Waals surface area contributed by atoms with Crippen molar-refractivity contribution in [3.63, 3.8) is 0 Å². The van der Waals surface area contributed by atoms with E-state index < -0.39 is 10.9 Å². The summed E-state index contributed by atoms with van der Waals surface area (Å²) in [6.45, 7) is 0. The maximum Gasteiger partial charge on any atom is 0.355 e. The largest absolute Gasteiger partial charge is 0.464 e. The molecule has 0 saturated heterocycles. The van der Waals surface area contributed by atoms with Gasteiger partial charge < -0.3 is 9.72 Å². The smallest absolute Gasteiger partial charge is 0.355 e. The molecule has 0 saturated carbocycles. The Labute approximate surface area is 90.0 Å². The third-order valence-corrected chi connectivity index (χ3v) is 2.12. The number of nitro groups is 1. The first-order valence-electron chi connectivity index (χ1n) is 4.39. The van der Waals surface area contributed by atoms with Crippen LogP contribution in [0, 0.1) is 16.2 Å². The number of benzene rings is 1. The number of methoxy groups -OCH3 is 1. The highest BCUT2D eigenvalue weighted by atomic mass is 16.6. The zero-order valence-electron chi connectivity index (χ0n) is 8.31. The predicted molar refractivity (Wildman–Crippen MR) is 55.1 cm³/mol. The Bertz CT molecular complexity index is 573. The SMILES string of the molecule is COC(=O)c1[c]c2cc([N+](=O)[O-])ccc2[nH]1. The summed E-state index contributed by atoms with van der Waals surface area (Å²) >= 11 is 0. The number of aromatic nitrogens is 1. The molecule has 0 fully saturated rings. The summed E-state index contributed by atoms with van der Waals surface area (Å²) < 4.78 is 4.51. The number of hydrogen-bond acceptors (Lipinski definition) is 4. The number of hydrogen-bond donors (Lipinski definition) is 1. The quantitative estimate of drug-likeness (QED) is 0.472. The van der Waals surface area contributed by atoms with Crippen molar-refractivity contribution in [2.24, 2.45) is 0 Å². The number of nitrogens with one attached hydrogen (secondary N) is 1. The summed E-state index contributed by atoms with van der Waals surface area (Å²) in [5, 5.41) is 11.0. The van der Waals surface area contributed by atoms with Crippen LogP contribution in [0.15, 0.2) is 18.2 Å². The van der Waals surface area contributed by atoms with E-state index in [0.717, 1.165) is 0 Å². The second-order valence-corrected chi connectivity index (χ2v) is 3.10. The predicted octanol–water partition coefficient (Wildman–Crippen LogP) is 1.66. The summed E-state index contributed by atoms with van der Waals surface area (Å²) in [5.74, 6) is -0.557. The average molecular weight is 219 g/mol. The Morgan fingerprint density at radius 2 is 2.31 bits per heavy atom. The number of fused-ring (bicyclic) bond motifs is 1. The summed E-state index contributed by atoms with van der Waals surface area (Å²) in [7, 11) is 1.25. The number of ether oxygens (including phenoxy) is 1. The third kappa shape index (κ3) is 1.60. The minimum atomic E-state index is -0.557. The molecular formula is C10H7N2O4. The molecule has 0 aliphatic heterocycles. The van der Waals surface area contributed by atoms with E-state index >= 15 is 0 Å². The van der Waals surface area contributed by atoms with Gasteiger partial charge in [0.1, 0.15) is 5.69 Å². The molecule has 16 heavy (non-hydrogen) atoms. The van der Waals surface area contributed by atoms with Gasteiger partial charge in [-0.15, -0.1) is 0 Å². The van der Waals surface area contributed by atoms with Crippen molar-refractivity contribution in [3.8, 4) is 0 Å². The maximum atomic E-state index is 11.2. The fraction of sp³-hybridized carbons (Fsp3) is 0.100. The number of esters is 1. The molecule has 1 aromatic heterocycles. The van der Waals surface area contributed by atoms with Gasteiger partial charge in [-0.25, -0.2) is 4.79 Å². The molecule has 0 unspecified atom stereocenters. The lowest BCUT2D eigenvalue weighted by Gasteiger charge is -1.91. The topological polar surface area (TPSA) is 85.2 Å². The molecule has 0 amide bonds. The molecule has 0 aliphatic rings. The van der Waals surface area contributed by atoms with Gasteiger partial charge in [0, 0.05) is 29.1 Å². The molecule has 1 radical (unpaired) electrons. The first kappa shape index (κ1) is 10.2. The van der Waals surface area contributed by atoms with E-state index in [1.54, 1.807) is 0 Å². The lowest BCUT2D eigenvalue weighted by molar-refractivity contribution is -0.384. The molecule has 0 atom stereocenters. The fourth-order valence-electron chi connectivity index (χ4n) is 1.36. The summed E-state index contributed by atoms with van der Waals surface area (Å²) in [4.78, 5) is 24.0. The van der Waals surface area contributed by atoms with Crippen LogP contribution in [-0.2, 0) is 4.74 Å².